The molecule has 0 unspecified atom stereocenters. The first-order valence-electron chi connectivity index (χ1n) is 5.21. The molecule has 0 aliphatic rings. The van der Waals surface area contributed by atoms with Gasteiger partial charge in [0, 0.05) is 20.6 Å². The molecule has 5 nitrogen and oxygen atoms in total. The van der Waals surface area contributed by atoms with E-state index in [1.54, 1.807) is 19.0 Å². The van der Waals surface area contributed by atoms with Crippen LogP contribution in [0.1, 0.15) is 23.3 Å². The number of carbonyl (C=O) groups excluding carboxylic acids is 1. The second-order valence-corrected chi connectivity index (χ2v) is 3.73. The van der Waals surface area contributed by atoms with Gasteiger partial charge in [0.15, 0.2) is 0 Å². The van der Waals surface area contributed by atoms with Crippen molar-refractivity contribution in [3.63, 3.8) is 0 Å². The molecule has 0 atom stereocenters. The number of anilines is 1. The van der Waals surface area contributed by atoms with Gasteiger partial charge in [0.1, 0.15) is 5.69 Å². The third-order valence-corrected chi connectivity index (χ3v) is 2.42. The van der Waals surface area contributed by atoms with E-state index < -0.39 is 0 Å². The minimum atomic E-state index is -0.0958. The lowest BCUT2D eigenvalue weighted by molar-refractivity contribution is 0.0784. The number of nitrogens with zero attached hydrogens (tertiary/aromatic N) is 3. The van der Waals surface area contributed by atoms with Crippen LogP contribution in [-0.4, -0.2) is 34.2 Å². The highest BCUT2D eigenvalue weighted by Gasteiger charge is 2.18. The summed E-state index contributed by atoms with van der Waals surface area (Å²) in [7, 11) is 3.47. The molecule has 0 fully saturated rings. The SMILES string of the molecule is C=CCCCN(C)C(=O)c1c(N)cnn1C. The fraction of sp³-hybridized carbons (Fsp3) is 0.455. The standard InChI is InChI=1S/C11H18N4O/c1-4-5-6-7-14(2)11(16)10-9(12)8-13-15(10)3/h4,8H,1,5-7,12H2,2-3H3. The lowest BCUT2D eigenvalue weighted by Gasteiger charge is -2.16. The smallest absolute Gasteiger partial charge is 0.274 e. The van der Waals surface area contributed by atoms with Crippen LogP contribution in [0.5, 0.6) is 0 Å². The average molecular weight is 222 g/mol. The zero-order valence-electron chi connectivity index (χ0n) is 9.81. The first kappa shape index (κ1) is 12.3. The molecule has 0 saturated heterocycles. The number of nitrogens with two attached hydrogens (primary N) is 1. The maximum absolute atomic E-state index is 12.0. The van der Waals surface area contributed by atoms with Gasteiger partial charge in [0.05, 0.1) is 11.9 Å². The molecular formula is C11H18N4O. The summed E-state index contributed by atoms with van der Waals surface area (Å²) in [5, 5.41) is 3.94. The second kappa shape index (κ2) is 5.34. The van der Waals surface area contributed by atoms with Gasteiger partial charge in [-0.2, -0.15) is 5.10 Å². The normalized spacial score (nSPS) is 10.1. The van der Waals surface area contributed by atoms with Crippen LogP contribution in [0.2, 0.25) is 0 Å². The first-order valence-corrected chi connectivity index (χ1v) is 5.21. The van der Waals surface area contributed by atoms with Crippen molar-refractivity contribution in [2.24, 2.45) is 7.05 Å². The number of allylic oxidation sites excluding steroid dienone is 1. The van der Waals surface area contributed by atoms with Crippen molar-refractivity contribution < 1.29 is 4.79 Å². The van der Waals surface area contributed by atoms with E-state index >= 15 is 0 Å². The zero-order chi connectivity index (χ0) is 12.1. The third-order valence-electron chi connectivity index (χ3n) is 2.42. The monoisotopic (exact) mass is 222 g/mol. The fourth-order valence-electron chi connectivity index (χ4n) is 1.47. The third kappa shape index (κ3) is 2.62. The Kier molecular flexibility index (Phi) is 4.10. The summed E-state index contributed by atoms with van der Waals surface area (Å²) < 4.78 is 1.50. The topological polar surface area (TPSA) is 64.2 Å². The number of aryl methyl sites for hydroxylation is 1. The molecule has 16 heavy (non-hydrogen) atoms. The maximum Gasteiger partial charge on any atom is 0.274 e. The second-order valence-electron chi connectivity index (χ2n) is 3.73. The number of aromatic nitrogens is 2. The Balaban J connectivity index is 2.67. The lowest BCUT2D eigenvalue weighted by atomic mass is 10.2. The van der Waals surface area contributed by atoms with Gasteiger partial charge in [-0.3, -0.25) is 9.48 Å². The minimum absolute atomic E-state index is 0.0958. The van der Waals surface area contributed by atoms with Crippen molar-refractivity contribution in [1.29, 1.82) is 0 Å². The summed E-state index contributed by atoms with van der Waals surface area (Å²) >= 11 is 0. The van der Waals surface area contributed by atoms with E-state index in [9.17, 15) is 4.79 Å². The summed E-state index contributed by atoms with van der Waals surface area (Å²) in [6.45, 7) is 4.33. The van der Waals surface area contributed by atoms with Gasteiger partial charge in [-0.25, -0.2) is 0 Å². The zero-order valence-corrected chi connectivity index (χ0v) is 9.81. The number of unbranched alkanes of at least 4 members (excludes halogenated alkanes) is 1. The predicted molar refractivity (Wildman–Crippen MR) is 64.0 cm³/mol. The average Bonchev–Trinajstić information content (AvgIpc) is 2.58. The van der Waals surface area contributed by atoms with Crippen molar-refractivity contribution in [2.45, 2.75) is 12.8 Å². The van der Waals surface area contributed by atoms with Crippen LogP contribution in [-0.2, 0) is 7.05 Å². The van der Waals surface area contributed by atoms with E-state index in [4.69, 9.17) is 5.73 Å². The van der Waals surface area contributed by atoms with Crippen molar-refractivity contribution in [1.82, 2.24) is 14.7 Å². The van der Waals surface area contributed by atoms with Gasteiger partial charge in [0.2, 0.25) is 0 Å². The Bertz CT molecular complexity index is 364. The summed E-state index contributed by atoms with van der Waals surface area (Å²) in [5.41, 5.74) is 6.55. The van der Waals surface area contributed by atoms with Crippen LogP contribution in [0.15, 0.2) is 18.9 Å². The quantitative estimate of drug-likeness (QED) is 0.598. The predicted octanol–water partition coefficient (Wildman–Crippen LogP) is 1.04. The highest BCUT2D eigenvalue weighted by atomic mass is 16.2. The molecule has 2 N–H and O–H groups in total. The van der Waals surface area contributed by atoms with Crippen LogP contribution >= 0.6 is 0 Å². The molecule has 5 heteroatoms. The number of nitrogen functional groups attached to an aromatic ring is 1. The highest BCUT2D eigenvalue weighted by molar-refractivity contribution is 5.97. The van der Waals surface area contributed by atoms with Crippen molar-refractivity contribution >= 4 is 11.6 Å². The maximum atomic E-state index is 12.0. The first-order chi connectivity index (χ1) is 7.57. The summed E-state index contributed by atoms with van der Waals surface area (Å²) in [5.74, 6) is -0.0958. The van der Waals surface area contributed by atoms with Gasteiger partial charge in [0.25, 0.3) is 5.91 Å². The molecule has 1 aromatic heterocycles. The Hall–Kier alpha value is -1.78. The van der Waals surface area contributed by atoms with Crippen molar-refractivity contribution in [3.05, 3.63) is 24.5 Å². The molecular weight excluding hydrogens is 204 g/mol. The molecule has 1 aromatic rings. The molecule has 0 radical (unpaired) electrons. The van der Waals surface area contributed by atoms with Crippen molar-refractivity contribution in [3.8, 4) is 0 Å². The fourth-order valence-corrected chi connectivity index (χ4v) is 1.47. The summed E-state index contributed by atoms with van der Waals surface area (Å²) in [6, 6.07) is 0. The number of carbonyl (C=O) groups is 1. The molecule has 0 aliphatic heterocycles. The van der Waals surface area contributed by atoms with Crippen LogP contribution in [0.25, 0.3) is 0 Å². The highest BCUT2D eigenvalue weighted by Crippen LogP contribution is 2.12. The van der Waals surface area contributed by atoms with Gasteiger partial charge >= 0.3 is 0 Å². The van der Waals surface area contributed by atoms with E-state index in [0.29, 0.717) is 17.9 Å². The van der Waals surface area contributed by atoms with E-state index in [1.807, 2.05) is 6.08 Å². The van der Waals surface area contributed by atoms with Crippen LogP contribution in [0, 0.1) is 0 Å². The van der Waals surface area contributed by atoms with E-state index in [-0.39, 0.29) is 5.91 Å². The molecule has 0 spiro atoms. The molecule has 1 amide bonds. The molecule has 1 rings (SSSR count). The minimum Gasteiger partial charge on any atom is -0.396 e. The Morgan fingerprint density at radius 3 is 2.94 bits per heavy atom. The molecule has 0 bridgehead atoms. The van der Waals surface area contributed by atoms with E-state index in [1.165, 1.54) is 10.9 Å². The molecule has 1 heterocycles. The molecule has 0 aromatic carbocycles. The summed E-state index contributed by atoms with van der Waals surface area (Å²) in [6.07, 6.45) is 5.14. The Morgan fingerprint density at radius 1 is 1.75 bits per heavy atom. The molecule has 88 valence electrons. The van der Waals surface area contributed by atoms with Crippen LogP contribution < -0.4 is 5.73 Å². The number of hydrogen-bond donors (Lipinski definition) is 1. The van der Waals surface area contributed by atoms with Gasteiger partial charge in [-0.05, 0) is 12.8 Å². The summed E-state index contributed by atoms with van der Waals surface area (Å²) in [4.78, 5) is 13.7. The molecule has 0 saturated carbocycles. The Labute approximate surface area is 95.5 Å². The van der Waals surface area contributed by atoms with E-state index in [2.05, 4.69) is 11.7 Å². The number of amides is 1. The van der Waals surface area contributed by atoms with Crippen molar-refractivity contribution in [2.75, 3.05) is 19.3 Å². The van der Waals surface area contributed by atoms with Gasteiger partial charge < -0.3 is 10.6 Å². The Morgan fingerprint density at radius 2 is 2.44 bits per heavy atom. The largest absolute Gasteiger partial charge is 0.396 e. The van der Waals surface area contributed by atoms with E-state index in [0.717, 1.165) is 12.8 Å². The van der Waals surface area contributed by atoms with Gasteiger partial charge in [-0.1, -0.05) is 6.08 Å². The number of rotatable bonds is 5. The lowest BCUT2D eigenvalue weighted by Crippen LogP contribution is -2.30. The molecule has 0 aliphatic carbocycles. The number of hydrogen-bond acceptors (Lipinski definition) is 3. The van der Waals surface area contributed by atoms with Crippen LogP contribution in [0.3, 0.4) is 0 Å². The van der Waals surface area contributed by atoms with Crippen LogP contribution in [0.4, 0.5) is 5.69 Å². The van der Waals surface area contributed by atoms with Gasteiger partial charge in [-0.15, -0.1) is 6.58 Å².